The monoisotopic (exact) mass is 426 g/mol. The van der Waals surface area contributed by atoms with Crippen LogP contribution in [0.3, 0.4) is 0 Å². The average molecular weight is 427 g/mol. The minimum atomic E-state index is 0.377. The van der Waals surface area contributed by atoms with Crippen LogP contribution in [0.4, 0.5) is 5.69 Å². The summed E-state index contributed by atoms with van der Waals surface area (Å²) in [5.74, 6) is 1.26. The van der Waals surface area contributed by atoms with Gasteiger partial charge in [-0.2, -0.15) is 0 Å². The van der Waals surface area contributed by atoms with Crippen molar-refractivity contribution < 1.29 is 9.84 Å². The maximum absolute atomic E-state index is 10.4. The van der Waals surface area contributed by atoms with E-state index in [1.165, 1.54) is 5.69 Å². The summed E-state index contributed by atoms with van der Waals surface area (Å²) in [7, 11) is 1.69. The molecule has 3 aromatic carbocycles. The van der Waals surface area contributed by atoms with Gasteiger partial charge in [0.1, 0.15) is 11.5 Å². The lowest BCUT2D eigenvalue weighted by Gasteiger charge is -2.36. The lowest BCUT2D eigenvalue weighted by molar-refractivity contribution is 0.247. The van der Waals surface area contributed by atoms with Crippen molar-refractivity contribution in [1.29, 1.82) is 0 Å². The number of piperazine rings is 1. The van der Waals surface area contributed by atoms with E-state index in [4.69, 9.17) is 4.74 Å². The zero-order chi connectivity index (χ0) is 18.8. The molecular weight excluding hydrogens is 404 g/mol. The third-order valence-electron chi connectivity index (χ3n) is 5.26. The minimum absolute atomic E-state index is 0.377. The number of hydrogen-bond donors (Lipinski definition) is 1. The molecule has 0 spiro atoms. The molecule has 0 bridgehead atoms. The van der Waals surface area contributed by atoms with Crippen molar-refractivity contribution in [3.8, 4) is 11.5 Å². The van der Waals surface area contributed by atoms with Gasteiger partial charge in [-0.15, -0.1) is 0 Å². The van der Waals surface area contributed by atoms with Gasteiger partial charge in [0.2, 0.25) is 0 Å². The topological polar surface area (TPSA) is 35.9 Å². The van der Waals surface area contributed by atoms with Crippen LogP contribution in [0.25, 0.3) is 10.8 Å². The molecule has 4 rings (SSSR count). The first kappa shape index (κ1) is 18.1. The summed E-state index contributed by atoms with van der Waals surface area (Å²) in [4.78, 5) is 4.81. The van der Waals surface area contributed by atoms with E-state index in [2.05, 4.69) is 50.0 Å². The Bertz CT molecular complexity index is 935. The number of halogens is 1. The van der Waals surface area contributed by atoms with Crippen molar-refractivity contribution in [3.63, 3.8) is 0 Å². The Hall–Kier alpha value is -2.24. The van der Waals surface area contributed by atoms with Gasteiger partial charge in [-0.25, -0.2) is 0 Å². The Morgan fingerprint density at radius 3 is 2.41 bits per heavy atom. The maximum Gasteiger partial charge on any atom is 0.120 e. The predicted molar refractivity (Wildman–Crippen MR) is 114 cm³/mol. The van der Waals surface area contributed by atoms with Gasteiger partial charge in [-0.1, -0.05) is 28.1 Å². The first-order valence-corrected chi connectivity index (χ1v) is 9.95. The molecule has 0 saturated carbocycles. The van der Waals surface area contributed by atoms with Crippen molar-refractivity contribution in [2.24, 2.45) is 0 Å². The van der Waals surface area contributed by atoms with Crippen LogP contribution in [0.2, 0.25) is 0 Å². The molecule has 1 aliphatic rings. The van der Waals surface area contributed by atoms with Crippen LogP contribution in [0, 0.1) is 0 Å². The SMILES string of the molecule is COc1ccc(N2CCN(Cc3c(O)ccc4cc(Br)ccc34)CC2)cc1. The quantitative estimate of drug-likeness (QED) is 0.658. The zero-order valence-electron chi connectivity index (χ0n) is 15.4. The summed E-state index contributed by atoms with van der Waals surface area (Å²) >= 11 is 3.53. The standard InChI is InChI=1S/C22H23BrN2O2/c1-27-19-6-4-18(5-7-19)25-12-10-24(11-13-25)15-21-20-8-3-17(23)14-16(20)2-9-22(21)26/h2-9,14,26H,10-13,15H2,1H3. The lowest BCUT2D eigenvalue weighted by Crippen LogP contribution is -2.46. The first-order valence-electron chi connectivity index (χ1n) is 9.15. The molecule has 0 aliphatic carbocycles. The number of rotatable bonds is 4. The number of benzene rings is 3. The number of anilines is 1. The summed E-state index contributed by atoms with van der Waals surface area (Å²) in [5.41, 5.74) is 2.24. The summed E-state index contributed by atoms with van der Waals surface area (Å²) in [6, 6.07) is 18.2. The minimum Gasteiger partial charge on any atom is -0.508 e. The normalized spacial score (nSPS) is 15.3. The highest BCUT2D eigenvalue weighted by Gasteiger charge is 2.19. The Balaban J connectivity index is 1.46. The van der Waals surface area contributed by atoms with Crippen molar-refractivity contribution >= 4 is 32.4 Å². The third kappa shape index (κ3) is 3.89. The summed E-state index contributed by atoms with van der Waals surface area (Å²) < 4.78 is 6.30. The fourth-order valence-corrected chi connectivity index (χ4v) is 4.08. The molecule has 1 heterocycles. The highest BCUT2D eigenvalue weighted by molar-refractivity contribution is 9.10. The largest absolute Gasteiger partial charge is 0.508 e. The molecule has 27 heavy (non-hydrogen) atoms. The molecule has 3 aromatic rings. The second-order valence-corrected chi connectivity index (χ2v) is 7.81. The van der Waals surface area contributed by atoms with Crippen LogP contribution in [0.5, 0.6) is 11.5 Å². The molecule has 1 fully saturated rings. The second kappa shape index (κ2) is 7.79. The highest BCUT2D eigenvalue weighted by atomic mass is 79.9. The van der Waals surface area contributed by atoms with Crippen LogP contribution >= 0.6 is 15.9 Å². The third-order valence-corrected chi connectivity index (χ3v) is 5.75. The van der Waals surface area contributed by atoms with Gasteiger partial charge in [0.05, 0.1) is 7.11 Å². The molecule has 1 N–H and O–H groups in total. The lowest BCUT2D eigenvalue weighted by atomic mass is 10.0. The van der Waals surface area contributed by atoms with Crippen LogP contribution < -0.4 is 9.64 Å². The Kier molecular flexibility index (Phi) is 5.23. The Labute approximate surface area is 168 Å². The van der Waals surface area contributed by atoms with Crippen LogP contribution in [-0.2, 0) is 6.54 Å². The highest BCUT2D eigenvalue weighted by Crippen LogP contribution is 2.31. The molecular formula is C22H23BrN2O2. The molecule has 140 valence electrons. The van der Waals surface area contributed by atoms with E-state index in [-0.39, 0.29) is 0 Å². The predicted octanol–water partition coefficient (Wildman–Crippen LogP) is 4.64. The Morgan fingerprint density at radius 2 is 1.70 bits per heavy atom. The van der Waals surface area contributed by atoms with E-state index in [9.17, 15) is 5.11 Å². The van der Waals surface area contributed by atoms with Gasteiger partial charge < -0.3 is 14.7 Å². The summed E-state index contributed by atoms with van der Waals surface area (Å²) in [6.07, 6.45) is 0. The maximum atomic E-state index is 10.4. The zero-order valence-corrected chi connectivity index (χ0v) is 16.9. The molecule has 4 nitrogen and oxygen atoms in total. The van der Waals surface area contributed by atoms with Gasteiger partial charge in [-0.3, -0.25) is 4.90 Å². The summed E-state index contributed by atoms with van der Waals surface area (Å²) in [6.45, 7) is 4.66. The molecule has 0 unspecified atom stereocenters. The van der Waals surface area contributed by atoms with Crippen LogP contribution in [0.1, 0.15) is 5.56 Å². The van der Waals surface area contributed by atoms with Crippen molar-refractivity contribution in [1.82, 2.24) is 4.90 Å². The molecule has 0 atom stereocenters. The fraction of sp³-hybridized carbons (Fsp3) is 0.273. The van der Waals surface area contributed by atoms with E-state index in [1.54, 1.807) is 13.2 Å². The number of nitrogens with zero attached hydrogens (tertiary/aromatic N) is 2. The molecule has 1 aliphatic heterocycles. The van der Waals surface area contributed by atoms with Crippen LogP contribution in [0.15, 0.2) is 59.1 Å². The number of methoxy groups -OCH3 is 1. The van der Waals surface area contributed by atoms with Crippen molar-refractivity contribution in [2.45, 2.75) is 6.54 Å². The van der Waals surface area contributed by atoms with Crippen molar-refractivity contribution in [3.05, 3.63) is 64.6 Å². The van der Waals surface area contributed by atoms with E-state index in [0.29, 0.717) is 5.75 Å². The second-order valence-electron chi connectivity index (χ2n) is 6.89. The van der Waals surface area contributed by atoms with E-state index in [1.807, 2.05) is 24.3 Å². The molecule has 0 amide bonds. The molecule has 5 heteroatoms. The average Bonchev–Trinajstić information content (AvgIpc) is 2.71. The van der Waals surface area contributed by atoms with Gasteiger partial charge in [-0.05, 0) is 53.2 Å². The van der Waals surface area contributed by atoms with E-state index in [0.717, 1.165) is 59.3 Å². The molecule has 0 radical (unpaired) electrons. The van der Waals surface area contributed by atoms with E-state index < -0.39 is 0 Å². The van der Waals surface area contributed by atoms with Gasteiger partial charge in [0.15, 0.2) is 0 Å². The Morgan fingerprint density at radius 1 is 0.963 bits per heavy atom. The number of phenolic OH excluding ortho intramolecular Hbond substituents is 1. The van der Waals surface area contributed by atoms with Gasteiger partial charge in [0.25, 0.3) is 0 Å². The number of hydrogen-bond acceptors (Lipinski definition) is 4. The van der Waals surface area contributed by atoms with Gasteiger partial charge in [0, 0.05) is 48.4 Å². The van der Waals surface area contributed by atoms with Gasteiger partial charge >= 0.3 is 0 Å². The molecule has 0 aromatic heterocycles. The number of fused-ring (bicyclic) bond motifs is 1. The molecule has 1 saturated heterocycles. The number of aromatic hydroxyl groups is 1. The fourth-order valence-electron chi connectivity index (χ4n) is 3.70. The number of ether oxygens (including phenoxy) is 1. The first-order chi connectivity index (χ1) is 13.1. The van der Waals surface area contributed by atoms with E-state index >= 15 is 0 Å². The number of phenols is 1. The van der Waals surface area contributed by atoms with Crippen LogP contribution in [-0.4, -0.2) is 43.3 Å². The smallest absolute Gasteiger partial charge is 0.120 e. The summed E-state index contributed by atoms with van der Waals surface area (Å²) in [5, 5.41) is 12.7. The van der Waals surface area contributed by atoms with Crippen molar-refractivity contribution in [2.75, 3.05) is 38.2 Å².